The summed E-state index contributed by atoms with van der Waals surface area (Å²) >= 11 is 0. The standard InChI is InChI=1S/C28H32F2N2O2/c1-3-20-8-7-9-21(12-20)17-31-18-27(33)26(15-22-13-24(29)16-25(30)14-22)32-28(34)19(2)23-10-5-4-6-11-23/h4-14,16,19,26-27,31,33H,3,15,17-18H2,1-2H3,(H,32,34)/t19-,26+,27+/m1/s1. The van der Waals surface area contributed by atoms with Crippen molar-refractivity contribution in [1.29, 1.82) is 0 Å². The lowest BCUT2D eigenvalue weighted by molar-refractivity contribution is -0.123. The van der Waals surface area contributed by atoms with Crippen LogP contribution in [0.15, 0.2) is 72.8 Å². The molecule has 3 N–H and O–H groups in total. The minimum absolute atomic E-state index is 0.0933. The maximum Gasteiger partial charge on any atom is 0.227 e. The maximum atomic E-state index is 13.7. The molecule has 0 saturated carbocycles. The monoisotopic (exact) mass is 466 g/mol. The van der Waals surface area contributed by atoms with Crippen molar-refractivity contribution in [2.75, 3.05) is 6.54 Å². The third kappa shape index (κ3) is 7.47. The predicted molar refractivity (Wildman–Crippen MR) is 130 cm³/mol. The molecule has 180 valence electrons. The number of rotatable bonds is 11. The van der Waals surface area contributed by atoms with E-state index >= 15 is 0 Å². The fourth-order valence-corrected chi connectivity index (χ4v) is 3.93. The van der Waals surface area contributed by atoms with Gasteiger partial charge < -0.3 is 15.7 Å². The molecule has 0 radical (unpaired) electrons. The van der Waals surface area contributed by atoms with Crippen LogP contribution in [0.25, 0.3) is 0 Å². The Labute approximate surface area is 200 Å². The summed E-state index contributed by atoms with van der Waals surface area (Å²) in [6.07, 6.45) is 0.0670. The van der Waals surface area contributed by atoms with Crippen molar-refractivity contribution in [2.24, 2.45) is 0 Å². The van der Waals surface area contributed by atoms with Gasteiger partial charge in [-0.3, -0.25) is 4.79 Å². The summed E-state index contributed by atoms with van der Waals surface area (Å²) < 4.78 is 27.5. The van der Waals surface area contributed by atoms with Crippen LogP contribution in [0.2, 0.25) is 0 Å². The Morgan fingerprint density at radius 3 is 2.26 bits per heavy atom. The highest BCUT2D eigenvalue weighted by Gasteiger charge is 2.25. The van der Waals surface area contributed by atoms with Crippen molar-refractivity contribution in [3.05, 3.63) is 107 Å². The van der Waals surface area contributed by atoms with Gasteiger partial charge >= 0.3 is 0 Å². The molecule has 0 spiro atoms. The number of amides is 1. The van der Waals surface area contributed by atoms with E-state index in [1.165, 1.54) is 17.7 Å². The second-order valence-electron chi connectivity index (χ2n) is 8.60. The van der Waals surface area contributed by atoms with E-state index in [9.17, 15) is 18.7 Å². The van der Waals surface area contributed by atoms with E-state index < -0.39 is 29.7 Å². The largest absolute Gasteiger partial charge is 0.390 e. The molecule has 3 aromatic rings. The van der Waals surface area contributed by atoms with Gasteiger partial charge in [-0.2, -0.15) is 0 Å². The first kappa shape index (κ1) is 25.5. The number of aliphatic hydroxyl groups is 1. The highest BCUT2D eigenvalue weighted by Crippen LogP contribution is 2.17. The molecule has 0 heterocycles. The van der Waals surface area contributed by atoms with Crippen LogP contribution in [0.4, 0.5) is 8.78 Å². The van der Waals surface area contributed by atoms with E-state index in [1.807, 2.05) is 42.5 Å². The second kappa shape index (κ2) is 12.4. The molecule has 0 aliphatic carbocycles. The molecule has 0 bridgehead atoms. The first-order chi connectivity index (χ1) is 16.4. The van der Waals surface area contributed by atoms with E-state index in [1.54, 1.807) is 6.92 Å². The summed E-state index contributed by atoms with van der Waals surface area (Å²) in [4.78, 5) is 13.0. The summed E-state index contributed by atoms with van der Waals surface area (Å²) in [5.74, 6) is -2.09. The minimum atomic E-state index is -0.965. The molecule has 0 aliphatic rings. The van der Waals surface area contributed by atoms with Gasteiger partial charge in [0.25, 0.3) is 0 Å². The van der Waals surface area contributed by atoms with Gasteiger partial charge in [0.1, 0.15) is 11.6 Å². The Morgan fingerprint density at radius 2 is 1.59 bits per heavy atom. The number of nitrogens with one attached hydrogen (secondary N) is 2. The number of aryl methyl sites for hydroxylation is 1. The first-order valence-corrected chi connectivity index (χ1v) is 11.6. The lowest BCUT2D eigenvalue weighted by Crippen LogP contribution is -2.49. The smallest absolute Gasteiger partial charge is 0.227 e. The molecule has 0 aliphatic heterocycles. The zero-order valence-corrected chi connectivity index (χ0v) is 19.6. The topological polar surface area (TPSA) is 61.4 Å². The molecule has 0 fully saturated rings. The summed E-state index contributed by atoms with van der Waals surface area (Å²) in [6.45, 7) is 4.64. The van der Waals surface area contributed by atoms with Gasteiger partial charge in [0.05, 0.1) is 18.1 Å². The quantitative estimate of drug-likeness (QED) is 0.390. The van der Waals surface area contributed by atoms with Crippen LogP contribution in [-0.4, -0.2) is 29.7 Å². The molecule has 3 atom stereocenters. The van der Waals surface area contributed by atoms with E-state index in [0.29, 0.717) is 12.1 Å². The Kier molecular flexibility index (Phi) is 9.31. The number of carbonyl (C=O) groups excluding carboxylic acids is 1. The highest BCUT2D eigenvalue weighted by atomic mass is 19.1. The molecular weight excluding hydrogens is 434 g/mol. The maximum absolute atomic E-state index is 13.7. The van der Waals surface area contributed by atoms with Crippen molar-refractivity contribution in [3.63, 3.8) is 0 Å². The molecule has 3 rings (SSSR count). The minimum Gasteiger partial charge on any atom is -0.390 e. The Morgan fingerprint density at radius 1 is 0.912 bits per heavy atom. The fourth-order valence-electron chi connectivity index (χ4n) is 3.93. The molecule has 6 heteroatoms. The highest BCUT2D eigenvalue weighted by molar-refractivity contribution is 5.83. The third-order valence-corrected chi connectivity index (χ3v) is 5.95. The molecule has 0 unspecified atom stereocenters. The summed E-state index contributed by atoms with van der Waals surface area (Å²) in [5.41, 5.74) is 3.54. The van der Waals surface area contributed by atoms with E-state index in [-0.39, 0.29) is 18.9 Å². The zero-order chi connectivity index (χ0) is 24.5. The molecule has 1 amide bonds. The number of halogens is 2. The van der Waals surface area contributed by atoms with Crippen molar-refractivity contribution in [3.8, 4) is 0 Å². The van der Waals surface area contributed by atoms with Gasteiger partial charge in [0.15, 0.2) is 0 Å². The van der Waals surface area contributed by atoms with Gasteiger partial charge in [0, 0.05) is 19.2 Å². The summed E-state index contributed by atoms with van der Waals surface area (Å²) in [5, 5.41) is 17.0. The molecule has 34 heavy (non-hydrogen) atoms. The lowest BCUT2D eigenvalue weighted by Gasteiger charge is -2.26. The number of aliphatic hydroxyl groups excluding tert-OH is 1. The predicted octanol–water partition coefficient (Wildman–Crippen LogP) is 4.51. The van der Waals surface area contributed by atoms with Crippen LogP contribution >= 0.6 is 0 Å². The molecule has 0 aromatic heterocycles. The number of hydrogen-bond donors (Lipinski definition) is 3. The number of carbonyl (C=O) groups is 1. The van der Waals surface area contributed by atoms with E-state index in [0.717, 1.165) is 23.6 Å². The average Bonchev–Trinajstić information content (AvgIpc) is 2.83. The van der Waals surface area contributed by atoms with Crippen LogP contribution in [0.1, 0.15) is 42.0 Å². The van der Waals surface area contributed by atoms with Crippen LogP contribution in [0, 0.1) is 11.6 Å². The van der Waals surface area contributed by atoms with Gasteiger partial charge in [-0.15, -0.1) is 0 Å². The van der Waals surface area contributed by atoms with Crippen molar-refractivity contribution < 1.29 is 18.7 Å². The van der Waals surface area contributed by atoms with Crippen molar-refractivity contribution in [1.82, 2.24) is 10.6 Å². The second-order valence-corrected chi connectivity index (χ2v) is 8.60. The SMILES string of the molecule is CCc1cccc(CNC[C@H](O)[C@H](Cc2cc(F)cc(F)c2)NC(=O)[C@H](C)c2ccccc2)c1. The number of hydrogen-bond acceptors (Lipinski definition) is 3. The van der Waals surface area contributed by atoms with Crippen LogP contribution in [0.5, 0.6) is 0 Å². The Bertz CT molecular complexity index is 1050. The van der Waals surface area contributed by atoms with Gasteiger partial charge in [-0.25, -0.2) is 8.78 Å². The Balaban J connectivity index is 1.69. The summed E-state index contributed by atoms with van der Waals surface area (Å²) in [7, 11) is 0. The average molecular weight is 467 g/mol. The Hall–Kier alpha value is -3.09. The van der Waals surface area contributed by atoms with Crippen LogP contribution in [-0.2, 0) is 24.2 Å². The fraction of sp³-hybridized carbons (Fsp3) is 0.321. The van der Waals surface area contributed by atoms with Gasteiger partial charge in [0.2, 0.25) is 5.91 Å². The van der Waals surface area contributed by atoms with E-state index in [2.05, 4.69) is 29.7 Å². The van der Waals surface area contributed by atoms with Crippen molar-refractivity contribution >= 4 is 5.91 Å². The molecule has 3 aromatic carbocycles. The molecular formula is C28H32F2N2O2. The first-order valence-electron chi connectivity index (χ1n) is 11.6. The van der Waals surface area contributed by atoms with Crippen LogP contribution < -0.4 is 10.6 Å². The van der Waals surface area contributed by atoms with Crippen molar-refractivity contribution in [2.45, 2.75) is 51.3 Å². The number of benzene rings is 3. The molecule has 0 saturated heterocycles. The van der Waals surface area contributed by atoms with Crippen LogP contribution in [0.3, 0.4) is 0 Å². The third-order valence-electron chi connectivity index (χ3n) is 5.95. The zero-order valence-electron chi connectivity index (χ0n) is 19.6. The molecule has 4 nitrogen and oxygen atoms in total. The van der Waals surface area contributed by atoms with Gasteiger partial charge in [-0.1, -0.05) is 61.5 Å². The summed E-state index contributed by atoms with van der Waals surface area (Å²) in [6, 6.07) is 20.0. The van der Waals surface area contributed by atoms with Gasteiger partial charge in [-0.05, 0) is 54.2 Å². The lowest BCUT2D eigenvalue weighted by atomic mass is 9.97. The normalized spacial score (nSPS) is 13.8. The van der Waals surface area contributed by atoms with E-state index in [4.69, 9.17) is 0 Å².